The summed E-state index contributed by atoms with van der Waals surface area (Å²) in [5.74, 6) is 0. The fourth-order valence-corrected chi connectivity index (χ4v) is 3.45. The lowest BCUT2D eigenvalue weighted by Crippen LogP contribution is -2.15. The highest BCUT2D eigenvalue weighted by Crippen LogP contribution is 2.29. The Morgan fingerprint density at radius 1 is 0.714 bits per heavy atom. The van der Waals surface area contributed by atoms with Crippen molar-refractivity contribution in [2.45, 2.75) is 12.5 Å². The van der Waals surface area contributed by atoms with Gasteiger partial charge in [0.1, 0.15) is 0 Å². The molecule has 0 bridgehead atoms. The van der Waals surface area contributed by atoms with Crippen LogP contribution in [0.15, 0.2) is 85.2 Å². The van der Waals surface area contributed by atoms with Crippen LogP contribution < -0.4 is 5.32 Å². The van der Waals surface area contributed by atoms with E-state index in [1.807, 2.05) is 66.9 Å². The third-order valence-electron chi connectivity index (χ3n) is 4.86. The zero-order valence-electron chi connectivity index (χ0n) is 15.2. The molecule has 0 saturated carbocycles. The van der Waals surface area contributed by atoms with Crippen molar-refractivity contribution < 1.29 is 0 Å². The second-order valence-electron chi connectivity index (χ2n) is 6.71. The predicted octanol–water partition coefficient (Wildman–Crippen LogP) is 4.61. The van der Waals surface area contributed by atoms with Gasteiger partial charge < -0.3 is 10.3 Å². The van der Waals surface area contributed by atoms with Gasteiger partial charge in [-0.15, -0.1) is 0 Å². The summed E-state index contributed by atoms with van der Waals surface area (Å²) in [6.45, 7) is 0. The van der Waals surface area contributed by atoms with Crippen molar-refractivity contribution in [2.24, 2.45) is 0 Å². The zero-order valence-corrected chi connectivity index (χ0v) is 15.2. The molecule has 4 aromatic heterocycles. The average molecular weight is 365 g/mol. The van der Waals surface area contributed by atoms with E-state index in [-0.39, 0.29) is 6.04 Å². The molecular weight excluding hydrogens is 346 g/mol. The summed E-state index contributed by atoms with van der Waals surface area (Å²) in [7, 11) is 0. The predicted molar refractivity (Wildman–Crippen MR) is 110 cm³/mol. The van der Waals surface area contributed by atoms with E-state index in [9.17, 15) is 0 Å². The van der Waals surface area contributed by atoms with E-state index in [0.717, 1.165) is 46.3 Å². The number of pyridine rings is 3. The minimum Gasteiger partial charge on any atom is -0.375 e. The molecule has 136 valence electrons. The number of hydrogen-bond donors (Lipinski definition) is 2. The summed E-state index contributed by atoms with van der Waals surface area (Å²) in [6, 6.07) is 22.3. The lowest BCUT2D eigenvalue weighted by atomic mass is 10.1. The molecular formula is C23H19N5. The van der Waals surface area contributed by atoms with E-state index in [2.05, 4.69) is 32.4 Å². The Labute approximate surface area is 163 Å². The van der Waals surface area contributed by atoms with Gasteiger partial charge in [-0.2, -0.15) is 0 Å². The van der Waals surface area contributed by atoms with Crippen LogP contribution >= 0.6 is 0 Å². The Morgan fingerprint density at radius 3 is 2.25 bits per heavy atom. The number of hydrogen-bond acceptors (Lipinski definition) is 4. The van der Waals surface area contributed by atoms with E-state index in [4.69, 9.17) is 4.98 Å². The fraction of sp³-hybridized carbons (Fsp3) is 0.0870. The van der Waals surface area contributed by atoms with E-state index < -0.39 is 0 Å². The first-order valence-corrected chi connectivity index (χ1v) is 9.33. The van der Waals surface area contributed by atoms with Gasteiger partial charge >= 0.3 is 0 Å². The molecule has 0 saturated heterocycles. The van der Waals surface area contributed by atoms with E-state index in [0.29, 0.717) is 0 Å². The Kier molecular flexibility index (Phi) is 4.18. The first kappa shape index (κ1) is 16.4. The van der Waals surface area contributed by atoms with Crippen LogP contribution in [0.3, 0.4) is 0 Å². The molecule has 28 heavy (non-hydrogen) atoms. The van der Waals surface area contributed by atoms with Gasteiger partial charge in [-0.05, 0) is 55.0 Å². The molecule has 1 unspecified atom stereocenters. The molecule has 1 atom stereocenters. The third-order valence-corrected chi connectivity index (χ3v) is 4.86. The van der Waals surface area contributed by atoms with Gasteiger partial charge in [0.15, 0.2) is 0 Å². The third kappa shape index (κ3) is 3.18. The number of aromatic nitrogens is 4. The topological polar surface area (TPSA) is 66.5 Å². The van der Waals surface area contributed by atoms with Crippen LogP contribution in [0, 0.1) is 0 Å². The highest BCUT2D eigenvalue weighted by Gasteiger charge is 2.20. The minimum atomic E-state index is 0.197. The normalized spacial score (nSPS) is 15.9. The number of H-pyrrole nitrogens is 1. The summed E-state index contributed by atoms with van der Waals surface area (Å²) < 4.78 is 0. The van der Waals surface area contributed by atoms with Gasteiger partial charge in [-0.3, -0.25) is 9.97 Å². The fourth-order valence-electron chi connectivity index (χ4n) is 3.45. The van der Waals surface area contributed by atoms with Crippen molar-refractivity contribution in [3.05, 3.63) is 96.6 Å². The lowest BCUT2D eigenvalue weighted by Gasteiger charge is -2.13. The molecule has 5 nitrogen and oxygen atoms in total. The Morgan fingerprint density at radius 2 is 1.46 bits per heavy atom. The van der Waals surface area contributed by atoms with Gasteiger partial charge in [-0.25, -0.2) is 4.98 Å². The molecule has 5 heterocycles. The van der Waals surface area contributed by atoms with Crippen LogP contribution in [0.25, 0.3) is 28.5 Å². The maximum absolute atomic E-state index is 4.86. The minimum absolute atomic E-state index is 0.197. The molecule has 0 aliphatic carbocycles. The maximum atomic E-state index is 4.86. The summed E-state index contributed by atoms with van der Waals surface area (Å²) >= 11 is 0. The average Bonchev–Trinajstić information content (AvgIpc) is 3.46. The molecule has 0 amide bonds. The van der Waals surface area contributed by atoms with Crippen molar-refractivity contribution in [1.29, 1.82) is 0 Å². The molecule has 5 rings (SSSR count). The molecule has 5 heteroatoms. The number of nitrogens with one attached hydrogen (secondary N) is 2. The summed E-state index contributed by atoms with van der Waals surface area (Å²) in [5.41, 5.74) is 6.82. The number of nitrogens with zero attached hydrogens (tertiary/aromatic N) is 3. The smallest absolute Gasteiger partial charge is 0.0872 e. The monoisotopic (exact) mass is 365 g/mol. The number of rotatable bonds is 4. The molecule has 0 spiro atoms. The van der Waals surface area contributed by atoms with E-state index in [1.54, 1.807) is 6.20 Å². The molecule has 0 radical (unpaired) electrons. The molecule has 1 aliphatic heterocycles. The number of aromatic amines is 1. The molecule has 4 aromatic rings. The summed E-state index contributed by atoms with van der Waals surface area (Å²) in [6.07, 6.45) is 6.73. The Bertz CT molecular complexity index is 1120. The maximum Gasteiger partial charge on any atom is 0.0872 e. The van der Waals surface area contributed by atoms with Crippen molar-refractivity contribution >= 4 is 5.70 Å². The van der Waals surface area contributed by atoms with Gasteiger partial charge in [0.2, 0.25) is 0 Å². The highest BCUT2D eigenvalue weighted by atomic mass is 15.0. The van der Waals surface area contributed by atoms with Gasteiger partial charge in [0.05, 0.1) is 45.9 Å². The zero-order chi connectivity index (χ0) is 18.8. The van der Waals surface area contributed by atoms with Gasteiger partial charge in [-0.1, -0.05) is 24.3 Å². The molecule has 0 fully saturated rings. The standard InChI is InChI=1S/C23H19N5/c1-3-14-24-16(6-1)20-10-12-22(27-20)18-8-5-9-19(26-18)23-13-11-21(28-23)17-7-2-4-15-25-17/h1-10,12-15,21,27-28H,11H2. The summed E-state index contributed by atoms with van der Waals surface area (Å²) in [4.78, 5) is 17.1. The van der Waals surface area contributed by atoms with Gasteiger partial charge in [0, 0.05) is 12.4 Å². The molecule has 2 N–H and O–H groups in total. The van der Waals surface area contributed by atoms with E-state index in [1.165, 1.54) is 0 Å². The van der Waals surface area contributed by atoms with Crippen LogP contribution in [0.4, 0.5) is 0 Å². The SMILES string of the molecule is C1=C(c2cccc(-c3ccc(-c4ccccn4)[nH]3)n2)NC(c2ccccn2)C1. The summed E-state index contributed by atoms with van der Waals surface area (Å²) in [5, 5.41) is 3.55. The first-order chi connectivity index (χ1) is 13.9. The van der Waals surface area contributed by atoms with Crippen molar-refractivity contribution in [3.8, 4) is 22.8 Å². The highest BCUT2D eigenvalue weighted by molar-refractivity contribution is 5.68. The quantitative estimate of drug-likeness (QED) is 0.554. The lowest BCUT2D eigenvalue weighted by molar-refractivity contribution is 0.658. The largest absolute Gasteiger partial charge is 0.375 e. The second-order valence-corrected chi connectivity index (χ2v) is 6.71. The van der Waals surface area contributed by atoms with E-state index >= 15 is 0 Å². The first-order valence-electron chi connectivity index (χ1n) is 9.33. The van der Waals surface area contributed by atoms with Crippen molar-refractivity contribution in [3.63, 3.8) is 0 Å². The van der Waals surface area contributed by atoms with Crippen molar-refractivity contribution in [1.82, 2.24) is 25.3 Å². The van der Waals surface area contributed by atoms with Crippen LogP contribution in [0.2, 0.25) is 0 Å². The Hall–Kier alpha value is -3.73. The van der Waals surface area contributed by atoms with Crippen molar-refractivity contribution in [2.75, 3.05) is 0 Å². The Balaban J connectivity index is 1.38. The van der Waals surface area contributed by atoms with Crippen LogP contribution in [0.5, 0.6) is 0 Å². The van der Waals surface area contributed by atoms with Crippen LogP contribution in [-0.4, -0.2) is 19.9 Å². The van der Waals surface area contributed by atoms with Gasteiger partial charge in [0.25, 0.3) is 0 Å². The molecule has 1 aliphatic rings. The van der Waals surface area contributed by atoms with Crippen LogP contribution in [0.1, 0.15) is 23.9 Å². The molecule has 0 aromatic carbocycles. The second kappa shape index (κ2) is 7.12. The van der Waals surface area contributed by atoms with Crippen LogP contribution in [-0.2, 0) is 0 Å².